The molecule has 0 saturated carbocycles. The average Bonchev–Trinajstić information content (AvgIpc) is 3.44. The van der Waals surface area contributed by atoms with Crippen molar-refractivity contribution in [1.29, 1.82) is 0 Å². The molecule has 1 fully saturated rings. The minimum absolute atomic E-state index is 0.113. The summed E-state index contributed by atoms with van der Waals surface area (Å²) in [6.45, 7) is 9.69. The summed E-state index contributed by atoms with van der Waals surface area (Å²) in [4.78, 5) is 15.9. The molecule has 1 N–H and O–H groups in total. The van der Waals surface area contributed by atoms with Gasteiger partial charge in [0.15, 0.2) is 6.10 Å². The van der Waals surface area contributed by atoms with Crippen molar-refractivity contribution in [2.24, 2.45) is 0 Å². The van der Waals surface area contributed by atoms with Crippen molar-refractivity contribution in [1.82, 2.24) is 10.2 Å². The van der Waals surface area contributed by atoms with Crippen LogP contribution in [0.2, 0.25) is 0 Å². The van der Waals surface area contributed by atoms with E-state index >= 15 is 0 Å². The lowest BCUT2D eigenvalue weighted by Gasteiger charge is -2.36. The van der Waals surface area contributed by atoms with Gasteiger partial charge in [-0.05, 0) is 72.3 Å². The lowest BCUT2D eigenvalue weighted by Crippen LogP contribution is -2.50. The van der Waals surface area contributed by atoms with Gasteiger partial charge in [0.25, 0.3) is 15.9 Å². The smallest absolute Gasteiger partial charge is 0.264 e. The second-order valence-electron chi connectivity index (χ2n) is 11.4. The highest BCUT2D eigenvalue weighted by molar-refractivity contribution is 7.92. The van der Waals surface area contributed by atoms with Crippen LogP contribution in [0.15, 0.2) is 77.7 Å². The first-order chi connectivity index (χ1) is 18.6. The van der Waals surface area contributed by atoms with Crippen molar-refractivity contribution in [2.75, 3.05) is 23.9 Å². The molecule has 1 saturated heterocycles. The van der Waals surface area contributed by atoms with Crippen LogP contribution in [0.5, 0.6) is 5.75 Å². The number of amides is 1. The number of rotatable bonds is 7. The van der Waals surface area contributed by atoms with E-state index in [4.69, 9.17) is 4.74 Å². The van der Waals surface area contributed by atoms with Crippen LogP contribution in [0.1, 0.15) is 50.3 Å². The molecule has 8 heteroatoms. The van der Waals surface area contributed by atoms with Gasteiger partial charge < -0.3 is 10.1 Å². The highest BCUT2D eigenvalue weighted by atomic mass is 32.2. The molecule has 2 aliphatic heterocycles. The molecule has 206 valence electrons. The Hall–Kier alpha value is -3.36. The summed E-state index contributed by atoms with van der Waals surface area (Å²) in [6.07, 6.45) is 1.55. The molecule has 5 rings (SSSR count). The Morgan fingerprint density at radius 2 is 1.62 bits per heavy atom. The summed E-state index contributed by atoms with van der Waals surface area (Å²) in [5, 5.41) is 2.94. The van der Waals surface area contributed by atoms with Crippen molar-refractivity contribution in [3.63, 3.8) is 0 Å². The average molecular weight is 548 g/mol. The van der Waals surface area contributed by atoms with Crippen LogP contribution in [0.4, 0.5) is 5.69 Å². The largest absolute Gasteiger partial charge is 0.476 e. The van der Waals surface area contributed by atoms with Gasteiger partial charge in [-0.15, -0.1) is 0 Å². The number of carbonyl (C=O) groups is 1. The van der Waals surface area contributed by atoms with E-state index in [-0.39, 0.29) is 22.8 Å². The normalized spacial score (nSPS) is 17.9. The number of hydrogen-bond acceptors (Lipinski definition) is 5. The second-order valence-corrected chi connectivity index (χ2v) is 13.3. The van der Waals surface area contributed by atoms with Gasteiger partial charge >= 0.3 is 0 Å². The highest BCUT2D eigenvalue weighted by Gasteiger charge is 2.38. The van der Waals surface area contributed by atoms with E-state index in [0.717, 1.165) is 30.8 Å². The molecular weight excluding hydrogens is 510 g/mol. The maximum atomic E-state index is 13.7. The highest BCUT2D eigenvalue weighted by Crippen LogP contribution is 2.40. The zero-order valence-corrected chi connectivity index (χ0v) is 23.7. The standard InChI is InChI=1S/C31H37N3O4S/c1-31(2,3)25-15-16-28-27(19-25)34(39(36,37)26-9-5-4-6-10-26)22-29(38-28)30(35)32-20-23-11-13-24(14-12-23)21-33-17-7-8-18-33/h4-6,9-16,19,29H,7-8,17-18,20-22H2,1-3H3,(H,32,35)/t29-/m0/s1. The minimum Gasteiger partial charge on any atom is -0.476 e. The van der Waals surface area contributed by atoms with Gasteiger partial charge in [0.05, 0.1) is 17.1 Å². The van der Waals surface area contributed by atoms with E-state index in [1.807, 2.05) is 24.3 Å². The monoisotopic (exact) mass is 547 g/mol. The number of nitrogens with zero attached hydrogens (tertiary/aromatic N) is 2. The summed E-state index contributed by atoms with van der Waals surface area (Å²) in [5.74, 6) is 0.0233. The van der Waals surface area contributed by atoms with Crippen LogP contribution in [-0.2, 0) is 33.3 Å². The van der Waals surface area contributed by atoms with Crippen molar-refractivity contribution in [3.8, 4) is 5.75 Å². The molecule has 0 bridgehead atoms. The molecule has 0 aliphatic carbocycles. The Labute approximate surface area is 231 Å². The molecule has 2 heterocycles. The van der Waals surface area contributed by atoms with E-state index in [1.165, 1.54) is 22.7 Å². The van der Waals surface area contributed by atoms with Gasteiger partial charge in [-0.25, -0.2) is 8.42 Å². The summed E-state index contributed by atoms with van der Waals surface area (Å²) in [6, 6.07) is 22.1. The molecule has 3 aromatic rings. The van der Waals surface area contributed by atoms with E-state index in [1.54, 1.807) is 36.4 Å². The maximum Gasteiger partial charge on any atom is 0.264 e. The second kappa shape index (κ2) is 11.0. The van der Waals surface area contributed by atoms with Crippen LogP contribution >= 0.6 is 0 Å². The SMILES string of the molecule is CC(C)(C)c1ccc2c(c1)N(S(=O)(=O)c1ccccc1)C[C@@H](C(=O)NCc1ccc(CN3CCCC3)cc1)O2. The summed E-state index contributed by atoms with van der Waals surface area (Å²) >= 11 is 0. The third-order valence-electron chi connectivity index (χ3n) is 7.41. The fraction of sp³-hybridized carbons (Fsp3) is 0.387. The van der Waals surface area contributed by atoms with Gasteiger partial charge in [-0.1, -0.05) is 69.3 Å². The number of ether oxygens (including phenoxy) is 1. The molecule has 1 atom stereocenters. The Balaban J connectivity index is 1.33. The van der Waals surface area contributed by atoms with E-state index in [2.05, 4.69) is 43.1 Å². The van der Waals surface area contributed by atoms with Crippen LogP contribution in [-0.4, -0.2) is 45.0 Å². The van der Waals surface area contributed by atoms with Crippen LogP contribution in [0, 0.1) is 0 Å². The predicted octanol–water partition coefficient (Wildman–Crippen LogP) is 4.85. The van der Waals surface area contributed by atoms with Crippen molar-refractivity contribution >= 4 is 21.6 Å². The number of anilines is 1. The van der Waals surface area contributed by atoms with Gasteiger partial charge in [-0.3, -0.25) is 14.0 Å². The van der Waals surface area contributed by atoms with Crippen molar-refractivity contribution in [3.05, 3.63) is 89.5 Å². The van der Waals surface area contributed by atoms with Gasteiger partial charge in [0.1, 0.15) is 5.75 Å². The number of fused-ring (bicyclic) bond motifs is 1. The van der Waals surface area contributed by atoms with Gasteiger partial charge in [-0.2, -0.15) is 0 Å². The van der Waals surface area contributed by atoms with Crippen LogP contribution < -0.4 is 14.4 Å². The van der Waals surface area contributed by atoms with E-state index < -0.39 is 16.1 Å². The molecule has 0 aromatic heterocycles. The molecule has 1 amide bonds. The first-order valence-corrected chi connectivity index (χ1v) is 15.0. The quantitative estimate of drug-likeness (QED) is 0.458. The third kappa shape index (κ3) is 6.12. The first kappa shape index (κ1) is 27.2. The van der Waals surface area contributed by atoms with Crippen LogP contribution in [0.3, 0.4) is 0 Å². The fourth-order valence-electron chi connectivity index (χ4n) is 5.07. The number of nitrogens with one attached hydrogen (secondary N) is 1. The number of sulfonamides is 1. The predicted molar refractivity (Wildman–Crippen MR) is 153 cm³/mol. The lowest BCUT2D eigenvalue weighted by molar-refractivity contribution is -0.127. The zero-order valence-electron chi connectivity index (χ0n) is 22.9. The Kier molecular flexibility index (Phi) is 7.69. The van der Waals surface area contributed by atoms with Crippen molar-refractivity contribution < 1.29 is 17.9 Å². The molecule has 2 aliphatic rings. The molecule has 39 heavy (non-hydrogen) atoms. The number of benzene rings is 3. The molecule has 0 spiro atoms. The molecular formula is C31H37N3O4S. The molecule has 7 nitrogen and oxygen atoms in total. The fourth-order valence-corrected chi connectivity index (χ4v) is 6.55. The lowest BCUT2D eigenvalue weighted by atomic mass is 9.86. The number of likely N-dealkylation sites (tertiary alicyclic amines) is 1. The van der Waals surface area contributed by atoms with E-state index in [0.29, 0.717) is 18.0 Å². The third-order valence-corrected chi connectivity index (χ3v) is 9.21. The minimum atomic E-state index is -3.92. The maximum absolute atomic E-state index is 13.7. The molecule has 0 radical (unpaired) electrons. The Morgan fingerprint density at radius 3 is 2.28 bits per heavy atom. The topological polar surface area (TPSA) is 79.0 Å². The zero-order chi connectivity index (χ0) is 27.6. The first-order valence-electron chi connectivity index (χ1n) is 13.6. The van der Waals surface area contributed by atoms with E-state index in [9.17, 15) is 13.2 Å². The van der Waals surface area contributed by atoms with Gasteiger partial charge in [0.2, 0.25) is 0 Å². The Morgan fingerprint density at radius 1 is 0.949 bits per heavy atom. The molecule has 3 aromatic carbocycles. The summed E-state index contributed by atoms with van der Waals surface area (Å²) in [5.41, 5.74) is 3.48. The number of hydrogen-bond donors (Lipinski definition) is 1. The Bertz CT molecular complexity index is 1410. The molecule has 0 unspecified atom stereocenters. The summed E-state index contributed by atoms with van der Waals surface area (Å²) < 4.78 is 34.9. The van der Waals surface area contributed by atoms with Crippen LogP contribution in [0.25, 0.3) is 0 Å². The number of carbonyl (C=O) groups excluding carboxylic acids is 1. The van der Waals surface area contributed by atoms with Crippen molar-refractivity contribution in [2.45, 2.75) is 63.1 Å². The van der Waals surface area contributed by atoms with Gasteiger partial charge in [0, 0.05) is 13.1 Å². The summed E-state index contributed by atoms with van der Waals surface area (Å²) in [7, 11) is -3.92.